The Kier molecular flexibility index (Phi) is 5.03. The van der Waals surface area contributed by atoms with Crippen LogP contribution >= 0.6 is 0 Å². The van der Waals surface area contributed by atoms with Crippen molar-refractivity contribution in [3.8, 4) is 0 Å². The van der Waals surface area contributed by atoms with E-state index in [4.69, 9.17) is 0 Å². The minimum absolute atomic E-state index is 0.265. The molecule has 1 radical (unpaired) electrons. The molecule has 0 heterocycles. The molecular weight excluding hydrogens is 296 g/mol. The van der Waals surface area contributed by atoms with Crippen molar-refractivity contribution in [2.75, 3.05) is 6.54 Å². The van der Waals surface area contributed by atoms with Crippen LogP contribution in [0.15, 0.2) is 42.5 Å². The predicted octanol–water partition coefficient (Wildman–Crippen LogP) is 3.35. The molecule has 2 aromatic rings. The van der Waals surface area contributed by atoms with Gasteiger partial charge in [0.15, 0.2) is 0 Å². The van der Waals surface area contributed by atoms with Crippen LogP contribution in [0.5, 0.6) is 0 Å². The molecule has 0 spiro atoms. The molecule has 2 nitrogen and oxygen atoms in total. The fourth-order valence-electron chi connectivity index (χ4n) is 3.12. The third-order valence-corrected chi connectivity index (χ3v) is 4.25. The molecule has 0 fully saturated rings. The van der Waals surface area contributed by atoms with E-state index in [9.17, 15) is 13.9 Å². The summed E-state index contributed by atoms with van der Waals surface area (Å²) in [7, 11) is 0. The van der Waals surface area contributed by atoms with E-state index in [-0.39, 0.29) is 6.04 Å². The van der Waals surface area contributed by atoms with Gasteiger partial charge in [-0.15, -0.1) is 0 Å². The van der Waals surface area contributed by atoms with Gasteiger partial charge in [-0.25, -0.2) is 8.78 Å². The number of aliphatic hydroxyl groups is 1. The largest absolute Gasteiger partial charge is 0.391 e. The molecule has 0 unspecified atom stereocenters. The fraction of sp³-hybridized carbons (Fsp3) is 0.316. The molecule has 2 N–H and O–H groups in total. The van der Waals surface area contributed by atoms with Crippen molar-refractivity contribution < 1.29 is 13.9 Å². The molecular formula is C19H20F2NO. The summed E-state index contributed by atoms with van der Waals surface area (Å²) >= 11 is 0. The number of hydrogen-bond donors (Lipinski definition) is 2. The molecule has 23 heavy (non-hydrogen) atoms. The van der Waals surface area contributed by atoms with Crippen LogP contribution in [-0.4, -0.2) is 17.8 Å². The Balaban J connectivity index is 1.48. The SMILES string of the molecule is O[C@H]([CH]Cc1cc(F)cc(F)c1)CN[C@H]1CCc2ccccc21. The predicted molar refractivity (Wildman–Crippen MR) is 85.9 cm³/mol. The summed E-state index contributed by atoms with van der Waals surface area (Å²) in [5.41, 5.74) is 3.18. The highest BCUT2D eigenvalue weighted by atomic mass is 19.1. The van der Waals surface area contributed by atoms with Gasteiger partial charge in [0.25, 0.3) is 0 Å². The Bertz CT molecular complexity index is 654. The maximum atomic E-state index is 13.1. The zero-order valence-corrected chi connectivity index (χ0v) is 12.8. The quantitative estimate of drug-likeness (QED) is 0.856. The van der Waals surface area contributed by atoms with Crippen molar-refractivity contribution in [1.29, 1.82) is 0 Å². The Labute approximate surface area is 135 Å². The standard InChI is InChI=1S/C19H20F2NO/c20-15-9-13(10-16(21)11-15)5-7-17(23)12-22-19-8-6-14-3-1-2-4-18(14)19/h1-4,7,9-11,17,19,22-23H,5-6,8,12H2/t17-,19+/m1/s1. The van der Waals surface area contributed by atoms with Crippen LogP contribution in [0.2, 0.25) is 0 Å². The van der Waals surface area contributed by atoms with Crippen molar-refractivity contribution in [3.63, 3.8) is 0 Å². The van der Waals surface area contributed by atoms with Gasteiger partial charge in [-0.05, 0) is 54.5 Å². The van der Waals surface area contributed by atoms with E-state index in [2.05, 4.69) is 17.4 Å². The molecule has 0 aliphatic heterocycles. The van der Waals surface area contributed by atoms with Crippen LogP contribution in [0.25, 0.3) is 0 Å². The summed E-state index contributed by atoms with van der Waals surface area (Å²) in [5.74, 6) is -1.19. The number of benzene rings is 2. The highest BCUT2D eigenvalue weighted by Crippen LogP contribution is 2.30. The summed E-state index contributed by atoms with van der Waals surface area (Å²) in [6.45, 7) is 0.427. The Hall–Kier alpha value is -1.78. The number of aryl methyl sites for hydroxylation is 1. The summed E-state index contributed by atoms with van der Waals surface area (Å²) in [6.07, 6.45) is 3.42. The van der Waals surface area contributed by atoms with Gasteiger partial charge in [0.05, 0.1) is 6.10 Å². The number of halogens is 2. The van der Waals surface area contributed by atoms with Crippen molar-refractivity contribution >= 4 is 0 Å². The van der Waals surface area contributed by atoms with Gasteiger partial charge >= 0.3 is 0 Å². The molecule has 121 valence electrons. The van der Waals surface area contributed by atoms with E-state index in [1.54, 1.807) is 6.42 Å². The van der Waals surface area contributed by atoms with Gasteiger partial charge in [0.1, 0.15) is 11.6 Å². The molecule has 4 heteroatoms. The molecule has 0 aromatic heterocycles. The van der Waals surface area contributed by atoms with Crippen LogP contribution in [0.3, 0.4) is 0 Å². The summed E-state index contributed by atoms with van der Waals surface area (Å²) in [6, 6.07) is 12.0. The molecule has 0 amide bonds. The number of nitrogens with one attached hydrogen (secondary N) is 1. The molecule has 0 saturated carbocycles. The van der Waals surface area contributed by atoms with Crippen molar-refractivity contribution in [1.82, 2.24) is 5.32 Å². The Morgan fingerprint density at radius 2 is 1.91 bits per heavy atom. The molecule has 0 saturated heterocycles. The molecule has 1 aliphatic rings. The zero-order valence-electron chi connectivity index (χ0n) is 12.8. The van der Waals surface area contributed by atoms with E-state index in [1.807, 2.05) is 12.1 Å². The molecule has 2 aromatic carbocycles. The van der Waals surface area contributed by atoms with Crippen LogP contribution in [0.4, 0.5) is 8.78 Å². The summed E-state index contributed by atoms with van der Waals surface area (Å²) < 4.78 is 26.2. The first-order valence-electron chi connectivity index (χ1n) is 7.89. The second-order valence-electron chi connectivity index (χ2n) is 5.98. The van der Waals surface area contributed by atoms with Crippen molar-refractivity contribution in [3.05, 3.63) is 77.2 Å². The van der Waals surface area contributed by atoms with Gasteiger partial charge in [-0.2, -0.15) is 0 Å². The minimum atomic E-state index is -0.658. The van der Waals surface area contributed by atoms with Crippen LogP contribution in [0, 0.1) is 18.1 Å². The first kappa shape index (κ1) is 16.1. The number of rotatable bonds is 6. The average Bonchev–Trinajstić information content (AvgIpc) is 2.93. The first-order valence-corrected chi connectivity index (χ1v) is 7.89. The molecule has 0 bridgehead atoms. The van der Waals surface area contributed by atoms with Crippen LogP contribution < -0.4 is 5.32 Å². The topological polar surface area (TPSA) is 32.3 Å². The van der Waals surface area contributed by atoms with Gasteiger partial charge in [0.2, 0.25) is 0 Å². The van der Waals surface area contributed by atoms with Gasteiger partial charge in [-0.3, -0.25) is 0 Å². The van der Waals surface area contributed by atoms with Crippen LogP contribution in [0.1, 0.15) is 29.2 Å². The summed E-state index contributed by atoms with van der Waals surface area (Å²) in [5, 5.41) is 13.4. The normalized spacial score (nSPS) is 18.0. The van der Waals surface area contributed by atoms with E-state index in [0.29, 0.717) is 18.5 Å². The van der Waals surface area contributed by atoms with Crippen molar-refractivity contribution in [2.45, 2.75) is 31.4 Å². The van der Waals surface area contributed by atoms with Gasteiger partial charge in [0, 0.05) is 18.7 Å². The van der Waals surface area contributed by atoms with E-state index in [1.165, 1.54) is 23.3 Å². The lowest BCUT2D eigenvalue weighted by molar-refractivity contribution is 0.195. The van der Waals surface area contributed by atoms with E-state index < -0.39 is 17.7 Å². The third kappa shape index (κ3) is 4.15. The Morgan fingerprint density at radius 1 is 1.17 bits per heavy atom. The zero-order chi connectivity index (χ0) is 16.2. The third-order valence-electron chi connectivity index (χ3n) is 4.25. The molecule has 3 rings (SSSR count). The van der Waals surface area contributed by atoms with E-state index >= 15 is 0 Å². The fourth-order valence-corrected chi connectivity index (χ4v) is 3.12. The highest BCUT2D eigenvalue weighted by Gasteiger charge is 2.21. The smallest absolute Gasteiger partial charge is 0.126 e. The second-order valence-corrected chi connectivity index (χ2v) is 5.98. The Morgan fingerprint density at radius 3 is 2.70 bits per heavy atom. The number of aliphatic hydroxyl groups excluding tert-OH is 1. The van der Waals surface area contributed by atoms with Crippen molar-refractivity contribution in [2.24, 2.45) is 0 Å². The lowest BCUT2D eigenvalue weighted by atomic mass is 10.1. The number of fused-ring (bicyclic) bond motifs is 1. The second kappa shape index (κ2) is 7.20. The molecule has 2 atom stereocenters. The monoisotopic (exact) mass is 316 g/mol. The molecule has 1 aliphatic carbocycles. The maximum absolute atomic E-state index is 13.1. The number of hydrogen-bond acceptors (Lipinski definition) is 2. The summed E-state index contributed by atoms with van der Waals surface area (Å²) in [4.78, 5) is 0. The average molecular weight is 316 g/mol. The minimum Gasteiger partial charge on any atom is -0.391 e. The first-order chi connectivity index (χ1) is 11.1. The lowest BCUT2D eigenvalue weighted by Gasteiger charge is -2.17. The maximum Gasteiger partial charge on any atom is 0.126 e. The lowest BCUT2D eigenvalue weighted by Crippen LogP contribution is -2.30. The van der Waals surface area contributed by atoms with Gasteiger partial charge in [-0.1, -0.05) is 24.3 Å². The highest BCUT2D eigenvalue weighted by molar-refractivity contribution is 5.34. The van der Waals surface area contributed by atoms with Gasteiger partial charge < -0.3 is 10.4 Å². The van der Waals surface area contributed by atoms with Crippen LogP contribution in [-0.2, 0) is 12.8 Å². The van der Waals surface area contributed by atoms with E-state index in [0.717, 1.165) is 18.9 Å².